The lowest BCUT2D eigenvalue weighted by atomic mass is 10.1. The van der Waals surface area contributed by atoms with Crippen LogP contribution in [-0.2, 0) is 13.0 Å². The number of halogens is 2. The molecule has 0 radical (unpaired) electrons. The molecule has 1 atom stereocenters. The lowest BCUT2D eigenvalue weighted by Crippen LogP contribution is -2.17. The summed E-state index contributed by atoms with van der Waals surface area (Å²) in [6.45, 7) is 2.46. The van der Waals surface area contributed by atoms with E-state index in [9.17, 15) is 0 Å². The van der Waals surface area contributed by atoms with E-state index in [1.54, 1.807) is 6.07 Å². The summed E-state index contributed by atoms with van der Waals surface area (Å²) in [5.74, 6) is 0.824. The van der Waals surface area contributed by atoms with E-state index in [1.807, 2.05) is 43.3 Å². The summed E-state index contributed by atoms with van der Waals surface area (Å²) in [4.78, 5) is 0. The maximum Gasteiger partial charge on any atom is 0.119 e. The van der Waals surface area contributed by atoms with Gasteiger partial charge in [0.2, 0.25) is 0 Å². The molecule has 1 unspecified atom stereocenters. The maximum atomic E-state index is 5.97. The molecule has 2 N–H and O–H groups in total. The minimum atomic E-state index is 0.165. The molecule has 2 aromatic carbocycles. The number of hydrogen-bond donors (Lipinski definition) is 1. The van der Waals surface area contributed by atoms with E-state index in [0.29, 0.717) is 16.7 Å². The van der Waals surface area contributed by atoms with Gasteiger partial charge in [-0.25, -0.2) is 0 Å². The predicted octanol–water partition coefficient (Wildman–Crippen LogP) is 4.46. The topological polar surface area (TPSA) is 35.2 Å². The molecule has 0 fully saturated rings. The molecule has 0 amide bonds. The monoisotopic (exact) mass is 309 g/mol. The highest BCUT2D eigenvalue weighted by Crippen LogP contribution is 2.23. The minimum absolute atomic E-state index is 0.165. The Kier molecular flexibility index (Phi) is 5.30. The van der Waals surface area contributed by atoms with E-state index in [0.717, 1.165) is 17.7 Å². The first-order valence-electron chi connectivity index (χ1n) is 6.46. The van der Waals surface area contributed by atoms with Crippen molar-refractivity contribution in [3.8, 4) is 5.75 Å². The number of nitrogens with two attached hydrogens (primary N) is 1. The average Bonchev–Trinajstić information content (AvgIpc) is 2.41. The zero-order chi connectivity index (χ0) is 14.5. The third-order valence-electron chi connectivity index (χ3n) is 2.87. The third-order valence-corrected chi connectivity index (χ3v) is 3.61. The Morgan fingerprint density at radius 2 is 1.65 bits per heavy atom. The van der Waals surface area contributed by atoms with Gasteiger partial charge in [0.1, 0.15) is 12.4 Å². The molecule has 0 saturated carbocycles. The van der Waals surface area contributed by atoms with Gasteiger partial charge in [-0.05, 0) is 48.7 Å². The number of hydrogen-bond acceptors (Lipinski definition) is 2. The summed E-state index contributed by atoms with van der Waals surface area (Å²) in [6, 6.07) is 13.6. The van der Waals surface area contributed by atoms with Gasteiger partial charge in [-0.15, -0.1) is 0 Å². The molecule has 20 heavy (non-hydrogen) atoms. The zero-order valence-corrected chi connectivity index (χ0v) is 12.8. The first-order chi connectivity index (χ1) is 9.54. The summed E-state index contributed by atoms with van der Waals surface area (Å²) < 4.78 is 5.71. The van der Waals surface area contributed by atoms with Crippen molar-refractivity contribution in [2.45, 2.75) is 26.0 Å². The fraction of sp³-hybridized carbons (Fsp3) is 0.250. The molecule has 2 aromatic rings. The normalized spacial score (nSPS) is 12.2. The number of benzene rings is 2. The van der Waals surface area contributed by atoms with Gasteiger partial charge in [0.15, 0.2) is 0 Å². The molecule has 0 spiro atoms. The molecule has 0 bridgehead atoms. The molecular weight excluding hydrogens is 293 g/mol. The molecule has 4 heteroatoms. The molecular formula is C16H17Cl2NO. The second-order valence-corrected chi connectivity index (χ2v) is 5.68. The SMILES string of the molecule is CC(N)Cc1ccc(OCc2ccc(Cl)c(Cl)c2)cc1. The van der Waals surface area contributed by atoms with Gasteiger partial charge in [-0.2, -0.15) is 0 Å². The summed E-state index contributed by atoms with van der Waals surface area (Å²) in [5, 5.41) is 1.09. The molecule has 0 aliphatic carbocycles. The average molecular weight is 310 g/mol. The van der Waals surface area contributed by atoms with Crippen LogP contribution in [-0.4, -0.2) is 6.04 Å². The van der Waals surface area contributed by atoms with E-state index < -0.39 is 0 Å². The van der Waals surface area contributed by atoms with Crippen molar-refractivity contribution in [2.24, 2.45) is 5.73 Å². The van der Waals surface area contributed by atoms with Crippen molar-refractivity contribution in [1.82, 2.24) is 0 Å². The molecule has 0 aliphatic rings. The molecule has 2 nitrogen and oxygen atoms in total. The van der Waals surface area contributed by atoms with Crippen molar-refractivity contribution in [1.29, 1.82) is 0 Å². The first kappa shape index (κ1) is 15.2. The van der Waals surface area contributed by atoms with E-state index in [4.69, 9.17) is 33.7 Å². The van der Waals surface area contributed by atoms with E-state index in [1.165, 1.54) is 5.56 Å². The lowest BCUT2D eigenvalue weighted by molar-refractivity contribution is 0.306. The van der Waals surface area contributed by atoms with Gasteiger partial charge in [0.05, 0.1) is 10.0 Å². The van der Waals surface area contributed by atoms with E-state index in [2.05, 4.69) is 0 Å². The highest BCUT2D eigenvalue weighted by Gasteiger charge is 2.02. The van der Waals surface area contributed by atoms with Gasteiger partial charge in [0, 0.05) is 6.04 Å². The summed E-state index contributed by atoms with van der Waals surface area (Å²) in [5.41, 5.74) is 7.96. The smallest absolute Gasteiger partial charge is 0.119 e. The van der Waals surface area contributed by atoms with Crippen LogP contribution in [0.5, 0.6) is 5.75 Å². The predicted molar refractivity (Wildman–Crippen MR) is 84.6 cm³/mol. The molecule has 0 saturated heterocycles. The van der Waals surface area contributed by atoms with Crippen LogP contribution in [0.25, 0.3) is 0 Å². The minimum Gasteiger partial charge on any atom is -0.489 e. The Balaban J connectivity index is 1.95. The quantitative estimate of drug-likeness (QED) is 0.885. The van der Waals surface area contributed by atoms with Crippen molar-refractivity contribution in [3.63, 3.8) is 0 Å². The summed E-state index contributed by atoms with van der Waals surface area (Å²) in [6.07, 6.45) is 0.868. The second-order valence-electron chi connectivity index (χ2n) is 4.86. The van der Waals surface area contributed by atoms with Crippen LogP contribution in [0.2, 0.25) is 10.0 Å². The van der Waals surface area contributed by atoms with Crippen LogP contribution >= 0.6 is 23.2 Å². The zero-order valence-electron chi connectivity index (χ0n) is 11.3. The van der Waals surface area contributed by atoms with Gasteiger partial charge in [0.25, 0.3) is 0 Å². The molecule has 106 valence electrons. The summed E-state index contributed by atoms with van der Waals surface area (Å²) in [7, 11) is 0. The number of rotatable bonds is 5. The highest BCUT2D eigenvalue weighted by atomic mass is 35.5. The van der Waals surface area contributed by atoms with Crippen LogP contribution in [0.15, 0.2) is 42.5 Å². The molecule has 0 aromatic heterocycles. The van der Waals surface area contributed by atoms with Crippen molar-refractivity contribution >= 4 is 23.2 Å². The molecule has 0 heterocycles. The van der Waals surface area contributed by atoms with Crippen molar-refractivity contribution in [3.05, 3.63) is 63.6 Å². The van der Waals surface area contributed by atoms with E-state index in [-0.39, 0.29) is 6.04 Å². The summed E-state index contributed by atoms with van der Waals surface area (Å²) >= 11 is 11.8. The Morgan fingerprint density at radius 1 is 1.00 bits per heavy atom. The van der Waals surface area contributed by atoms with Crippen molar-refractivity contribution < 1.29 is 4.74 Å². The first-order valence-corrected chi connectivity index (χ1v) is 7.21. The standard InChI is InChI=1S/C16H17Cl2NO/c1-11(19)8-12-2-5-14(6-3-12)20-10-13-4-7-15(17)16(18)9-13/h2-7,9,11H,8,10,19H2,1H3. The Labute approximate surface area is 129 Å². The van der Waals surface area contributed by atoms with Gasteiger partial charge >= 0.3 is 0 Å². The van der Waals surface area contributed by atoms with E-state index >= 15 is 0 Å². The Bertz CT molecular complexity index is 567. The van der Waals surface area contributed by atoms with Gasteiger partial charge in [-0.3, -0.25) is 0 Å². The van der Waals surface area contributed by atoms with Crippen LogP contribution < -0.4 is 10.5 Å². The van der Waals surface area contributed by atoms with Crippen LogP contribution in [0.3, 0.4) is 0 Å². The second kappa shape index (κ2) is 6.98. The molecule has 0 aliphatic heterocycles. The van der Waals surface area contributed by atoms with Gasteiger partial charge in [-0.1, -0.05) is 41.4 Å². The maximum absolute atomic E-state index is 5.97. The van der Waals surface area contributed by atoms with Crippen molar-refractivity contribution in [2.75, 3.05) is 0 Å². The fourth-order valence-electron chi connectivity index (χ4n) is 1.89. The van der Waals surface area contributed by atoms with Crippen LogP contribution in [0, 0.1) is 0 Å². The number of ether oxygens (including phenoxy) is 1. The Morgan fingerprint density at radius 3 is 2.25 bits per heavy atom. The van der Waals surface area contributed by atoms with Crippen LogP contribution in [0.4, 0.5) is 0 Å². The van der Waals surface area contributed by atoms with Crippen LogP contribution in [0.1, 0.15) is 18.1 Å². The largest absolute Gasteiger partial charge is 0.489 e. The molecule has 2 rings (SSSR count). The highest BCUT2D eigenvalue weighted by molar-refractivity contribution is 6.42. The fourth-order valence-corrected chi connectivity index (χ4v) is 2.21. The Hall–Kier alpha value is -1.22. The third kappa shape index (κ3) is 4.41. The van der Waals surface area contributed by atoms with Gasteiger partial charge < -0.3 is 10.5 Å². The lowest BCUT2D eigenvalue weighted by Gasteiger charge is -2.09.